The first-order valence-electron chi connectivity index (χ1n) is 37.8. The summed E-state index contributed by atoms with van der Waals surface area (Å²) in [5, 5.41) is 11.8. The van der Waals surface area contributed by atoms with E-state index in [0.29, 0.717) is 23.9 Å². The van der Waals surface area contributed by atoms with Gasteiger partial charge in [-0.25, -0.2) is 0 Å². The number of esters is 2. The normalized spacial score (nSPS) is 12.9. The van der Waals surface area contributed by atoms with Crippen LogP contribution < -0.4 is 5.11 Å². The van der Waals surface area contributed by atoms with Crippen molar-refractivity contribution < 1.29 is 42.9 Å². The van der Waals surface area contributed by atoms with E-state index in [9.17, 15) is 19.5 Å². The van der Waals surface area contributed by atoms with Crippen LogP contribution in [0, 0.1) is 0 Å². The number of hydrogen-bond acceptors (Lipinski definition) is 8. The Morgan fingerprint density at radius 3 is 0.931 bits per heavy atom. The molecule has 0 N–H and O–H groups in total. The van der Waals surface area contributed by atoms with Gasteiger partial charge in [0.1, 0.15) is 13.2 Å². The van der Waals surface area contributed by atoms with E-state index in [0.717, 1.165) is 70.6 Å². The number of carbonyl (C=O) groups is 3. The highest BCUT2D eigenvalue weighted by Crippen LogP contribution is 2.19. The second-order valence-electron chi connectivity index (χ2n) is 26.9. The lowest BCUT2D eigenvalue weighted by molar-refractivity contribution is -0.870. The van der Waals surface area contributed by atoms with E-state index in [1.807, 2.05) is 21.1 Å². The van der Waals surface area contributed by atoms with Crippen molar-refractivity contribution in [1.29, 1.82) is 0 Å². The van der Waals surface area contributed by atoms with Crippen molar-refractivity contribution in [2.75, 3.05) is 47.5 Å². The number of rotatable bonds is 71. The van der Waals surface area contributed by atoms with Crippen molar-refractivity contribution in [2.45, 2.75) is 386 Å². The molecule has 0 aliphatic heterocycles. The number of carbonyl (C=O) groups excluding carboxylic acids is 3. The Morgan fingerprint density at radius 1 is 0.345 bits per heavy atom. The Bertz CT molecular complexity index is 1570. The van der Waals surface area contributed by atoms with E-state index in [1.165, 1.54) is 270 Å². The largest absolute Gasteiger partial charge is 0.545 e. The zero-order chi connectivity index (χ0) is 63.3. The summed E-state index contributed by atoms with van der Waals surface area (Å²) in [6, 6.07) is 0. The van der Waals surface area contributed by atoms with Crippen molar-refractivity contribution in [3.8, 4) is 0 Å². The third-order valence-corrected chi connectivity index (χ3v) is 17.0. The third kappa shape index (κ3) is 70.6. The molecule has 0 spiro atoms. The van der Waals surface area contributed by atoms with Gasteiger partial charge < -0.3 is 33.3 Å². The number of allylic oxidation sites excluding steroid dienone is 8. The first-order chi connectivity index (χ1) is 42.6. The SMILES string of the molecule is CCCCCCC/C=C\C/C=C\C/C=C\CCCCCCCCC(=O)OC(COC(=O)CCCCCCCCCCCCCCCCCCCCCCCCCCCCCCC/C=C\CCCCCCCCCC)COC(OCC[N+](C)(C)C)C(=O)[O-]. The van der Waals surface area contributed by atoms with E-state index in [2.05, 4.69) is 62.5 Å². The number of hydrogen-bond donors (Lipinski definition) is 0. The number of quaternary nitrogens is 1. The van der Waals surface area contributed by atoms with Gasteiger partial charge in [0.25, 0.3) is 0 Å². The summed E-state index contributed by atoms with van der Waals surface area (Å²) >= 11 is 0. The monoisotopic (exact) mass is 1220 g/mol. The second kappa shape index (κ2) is 69.1. The number of unbranched alkanes of at least 4 members (excludes halogenated alkanes) is 48. The van der Waals surface area contributed by atoms with E-state index in [4.69, 9.17) is 18.9 Å². The maximum atomic E-state index is 12.9. The van der Waals surface area contributed by atoms with Gasteiger partial charge in [0.15, 0.2) is 12.4 Å². The van der Waals surface area contributed by atoms with Crippen LogP contribution >= 0.6 is 0 Å². The highest BCUT2D eigenvalue weighted by Gasteiger charge is 2.22. The Morgan fingerprint density at radius 2 is 0.621 bits per heavy atom. The molecule has 0 bridgehead atoms. The molecule has 2 atom stereocenters. The zero-order valence-electron chi connectivity index (χ0n) is 58.4. The fourth-order valence-electron chi connectivity index (χ4n) is 11.2. The summed E-state index contributed by atoms with van der Waals surface area (Å²) in [6.45, 7) is 4.77. The predicted octanol–water partition coefficient (Wildman–Crippen LogP) is 22.4. The molecule has 0 aliphatic carbocycles. The van der Waals surface area contributed by atoms with Gasteiger partial charge in [0.2, 0.25) is 0 Å². The molecular formula is C78H145NO8. The maximum absolute atomic E-state index is 12.9. The maximum Gasteiger partial charge on any atom is 0.306 e. The average Bonchev–Trinajstić information content (AvgIpc) is 3.57. The number of ether oxygens (including phenoxy) is 4. The van der Waals surface area contributed by atoms with E-state index in [-0.39, 0.29) is 32.2 Å². The molecule has 0 rings (SSSR count). The fraction of sp³-hybridized carbons (Fsp3) is 0.859. The summed E-state index contributed by atoms with van der Waals surface area (Å²) in [6.07, 6.45) is 86.7. The highest BCUT2D eigenvalue weighted by molar-refractivity contribution is 5.70. The second-order valence-corrected chi connectivity index (χ2v) is 26.9. The molecule has 0 aromatic rings. The molecule has 0 fully saturated rings. The Labute approximate surface area is 540 Å². The van der Waals surface area contributed by atoms with Gasteiger partial charge in [0.05, 0.1) is 40.3 Å². The van der Waals surface area contributed by atoms with Crippen molar-refractivity contribution in [3.63, 3.8) is 0 Å². The number of aliphatic carboxylic acids is 1. The van der Waals surface area contributed by atoms with Gasteiger partial charge in [0, 0.05) is 12.8 Å². The van der Waals surface area contributed by atoms with Crippen LogP contribution in [0.5, 0.6) is 0 Å². The standard InChI is InChI=1S/C78H145NO8/c1-6-8-10-12-14-16-18-20-22-24-26-28-29-30-31-32-33-34-35-36-37-38-39-40-41-42-43-44-45-46-47-49-50-52-54-56-58-60-62-64-66-68-75(80)85-72-74(73-86-78(77(82)83)84-71-70-79(3,4)5)87-76(81)69-67-65-63-61-59-57-55-53-51-48-27-25-23-21-19-17-15-13-11-9-7-2/h19,21,24-27,51,53,74,78H,6-18,20,22-23,28-50,52,54-73H2,1-5H3/b21-19-,26-24-,27-25-,53-51-. The van der Waals surface area contributed by atoms with Gasteiger partial charge in [-0.05, 0) is 77.0 Å². The quantitative estimate of drug-likeness (QED) is 0.0195. The van der Waals surface area contributed by atoms with Crippen molar-refractivity contribution in [1.82, 2.24) is 0 Å². The molecular weight excluding hydrogens is 1080 g/mol. The van der Waals surface area contributed by atoms with Crippen LogP contribution in [0.15, 0.2) is 48.6 Å². The Hall–Kier alpha value is -2.75. The number of likely N-dealkylation sites (N-methyl/N-ethyl adjacent to an activating group) is 1. The number of carboxylic acids is 1. The zero-order valence-corrected chi connectivity index (χ0v) is 58.4. The molecule has 2 unspecified atom stereocenters. The molecule has 0 saturated carbocycles. The van der Waals surface area contributed by atoms with Crippen molar-refractivity contribution in [2.24, 2.45) is 0 Å². The van der Waals surface area contributed by atoms with Gasteiger partial charge in [-0.2, -0.15) is 0 Å². The van der Waals surface area contributed by atoms with Crippen LogP contribution in [0.2, 0.25) is 0 Å². The first-order valence-corrected chi connectivity index (χ1v) is 37.8. The predicted molar refractivity (Wildman–Crippen MR) is 371 cm³/mol. The fourth-order valence-corrected chi connectivity index (χ4v) is 11.2. The molecule has 9 heteroatoms. The van der Waals surface area contributed by atoms with Gasteiger partial charge >= 0.3 is 11.9 Å². The third-order valence-electron chi connectivity index (χ3n) is 17.0. The van der Waals surface area contributed by atoms with E-state index < -0.39 is 24.3 Å². The Balaban J connectivity index is 3.93. The number of carboxylic acid groups (broad SMARTS) is 1. The summed E-state index contributed by atoms with van der Waals surface area (Å²) in [5.74, 6) is -2.28. The summed E-state index contributed by atoms with van der Waals surface area (Å²) in [7, 11) is 5.93. The van der Waals surface area contributed by atoms with Gasteiger partial charge in [-0.3, -0.25) is 9.59 Å². The average molecular weight is 1230 g/mol. The lowest BCUT2D eigenvalue weighted by Gasteiger charge is -2.26. The molecule has 0 saturated heterocycles. The number of nitrogens with zero attached hydrogens (tertiary/aromatic N) is 1. The summed E-state index contributed by atoms with van der Waals surface area (Å²) in [5.41, 5.74) is 0. The molecule has 0 aromatic heterocycles. The lowest BCUT2D eigenvalue weighted by Crippen LogP contribution is -2.44. The van der Waals surface area contributed by atoms with Crippen molar-refractivity contribution >= 4 is 17.9 Å². The van der Waals surface area contributed by atoms with E-state index in [1.54, 1.807) is 0 Å². The van der Waals surface area contributed by atoms with Crippen LogP contribution in [-0.2, 0) is 33.3 Å². The Kier molecular flexibility index (Phi) is 67.0. The van der Waals surface area contributed by atoms with Gasteiger partial charge in [-0.1, -0.05) is 332 Å². The van der Waals surface area contributed by atoms with Crippen LogP contribution in [0.3, 0.4) is 0 Å². The topological polar surface area (TPSA) is 111 Å². The first kappa shape index (κ1) is 84.2. The smallest absolute Gasteiger partial charge is 0.306 e. The van der Waals surface area contributed by atoms with Crippen LogP contribution in [0.25, 0.3) is 0 Å². The minimum absolute atomic E-state index is 0.146. The lowest BCUT2D eigenvalue weighted by atomic mass is 10.0. The minimum atomic E-state index is -1.63. The molecule has 0 aliphatic rings. The van der Waals surface area contributed by atoms with E-state index >= 15 is 0 Å². The molecule has 0 radical (unpaired) electrons. The molecule has 510 valence electrons. The molecule has 0 amide bonds. The van der Waals surface area contributed by atoms with Crippen LogP contribution in [0.1, 0.15) is 373 Å². The molecule has 0 aromatic carbocycles. The summed E-state index contributed by atoms with van der Waals surface area (Å²) in [4.78, 5) is 37.5. The highest BCUT2D eigenvalue weighted by atomic mass is 16.7. The van der Waals surface area contributed by atoms with Crippen molar-refractivity contribution in [3.05, 3.63) is 48.6 Å². The molecule has 0 heterocycles. The molecule has 87 heavy (non-hydrogen) atoms. The van der Waals surface area contributed by atoms with Gasteiger partial charge in [-0.15, -0.1) is 0 Å². The minimum Gasteiger partial charge on any atom is -0.545 e. The van der Waals surface area contributed by atoms with Crippen LogP contribution in [-0.4, -0.2) is 82.3 Å². The summed E-state index contributed by atoms with van der Waals surface area (Å²) < 4.78 is 22.8. The van der Waals surface area contributed by atoms with Crippen LogP contribution in [0.4, 0.5) is 0 Å². The molecule has 9 nitrogen and oxygen atoms in total.